The average molecular weight is 288 g/mol. The highest BCUT2D eigenvalue weighted by Gasteiger charge is 2.22. The first-order valence-electron chi connectivity index (χ1n) is 6.73. The van der Waals surface area contributed by atoms with Gasteiger partial charge in [-0.2, -0.15) is 0 Å². The molecule has 1 aliphatic heterocycles. The Labute approximate surface area is 121 Å². The van der Waals surface area contributed by atoms with E-state index >= 15 is 0 Å². The summed E-state index contributed by atoms with van der Waals surface area (Å²) in [5.74, 6) is -0.951. The first-order valence-corrected chi connectivity index (χ1v) is 7.54. The van der Waals surface area contributed by atoms with E-state index in [1.54, 1.807) is 0 Å². The number of nitrogens with zero attached hydrogens (tertiary/aromatic N) is 2. The molecular weight excluding hydrogens is 272 g/mol. The summed E-state index contributed by atoms with van der Waals surface area (Å²) in [6, 6.07) is 8.32. The van der Waals surface area contributed by atoms with Gasteiger partial charge in [-0.15, -0.1) is 11.3 Å². The van der Waals surface area contributed by atoms with Gasteiger partial charge < -0.3 is 10.0 Å². The Bertz CT molecular complexity index is 651. The number of anilines is 2. The first kappa shape index (κ1) is 13.1. The molecule has 104 valence electrons. The number of fused-ring (bicyclic) bond motifs is 1. The Balaban J connectivity index is 2.05. The molecule has 1 aromatic carbocycles. The van der Waals surface area contributed by atoms with E-state index in [0.717, 1.165) is 41.5 Å². The number of rotatable bonds is 2. The topological polar surface area (TPSA) is 53.4 Å². The molecule has 0 unspecified atom stereocenters. The van der Waals surface area contributed by atoms with E-state index in [-0.39, 0.29) is 5.69 Å². The number of hydrogen-bond acceptors (Lipinski definition) is 4. The standard InChI is InChI=1S/C15H16N2O2S/c1-10-13(14(18)19)16-15(20-10)17-9-5-4-7-11-6-2-3-8-12(11)17/h2-3,6,8H,4-5,7,9H2,1H3,(H,18,19). The molecule has 0 saturated heterocycles. The van der Waals surface area contributed by atoms with Crippen LogP contribution in [0.15, 0.2) is 24.3 Å². The van der Waals surface area contributed by atoms with Crippen LogP contribution < -0.4 is 4.90 Å². The fourth-order valence-corrected chi connectivity index (χ4v) is 3.53. The van der Waals surface area contributed by atoms with Gasteiger partial charge in [0.2, 0.25) is 0 Å². The summed E-state index contributed by atoms with van der Waals surface area (Å²) in [6.07, 6.45) is 3.32. The van der Waals surface area contributed by atoms with Crippen molar-refractivity contribution in [1.29, 1.82) is 0 Å². The lowest BCUT2D eigenvalue weighted by Crippen LogP contribution is -2.17. The van der Waals surface area contributed by atoms with E-state index in [0.29, 0.717) is 0 Å². The molecule has 0 bridgehead atoms. The number of carboxylic acids is 1. The fourth-order valence-electron chi connectivity index (χ4n) is 2.59. The summed E-state index contributed by atoms with van der Waals surface area (Å²) < 4.78 is 0. The molecule has 1 aromatic heterocycles. The highest BCUT2D eigenvalue weighted by Crippen LogP contribution is 2.35. The summed E-state index contributed by atoms with van der Waals surface area (Å²) in [4.78, 5) is 18.4. The van der Waals surface area contributed by atoms with Crippen LogP contribution in [0, 0.1) is 6.92 Å². The minimum absolute atomic E-state index is 0.173. The number of aromatic carboxylic acids is 1. The molecule has 0 radical (unpaired) electrons. The minimum Gasteiger partial charge on any atom is -0.476 e. The zero-order valence-electron chi connectivity index (χ0n) is 11.3. The van der Waals surface area contributed by atoms with Gasteiger partial charge >= 0.3 is 5.97 Å². The second-order valence-electron chi connectivity index (χ2n) is 4.94. The lowest BCUT2D eigenvalue weighted by Gasteiger charge is -2.21. The highest BCUT2D eigenvalue weighted by molar-refractivity contribution is 7.15. The van der Waals surface area contributed by atoms with Crippen LogP contribution in [0.4, 0.5) is 10.8 Å². The Morgan fingerprint density at radius 2 is 2.15 bits per heavy atom. The van der Waals surface area contributed by atoms with E-state index in [1.807, 2.05) is 13.0 Å². The van der Waals surface area contributed by atoms with E-state index in [2.05, 4.69) is 28.1 Å². The van der Waals surface area contributed by atoms with Gasteiger partial charge in [-0.25, -0.2) is 9.78 Å². The number of para-hydroxylation sites is 1. The van der Waals surface area contributed by atoms with Crippen LogP contribution in [0.5, 0.6) is 0 Å². The molecule has 0 amide bonds. The Morgan fingerprint density at radius 1 is 1.35 bits per heavy atom. The molecule has 3 rings (SSSR count). The number of carboxylic acid groups (broad SMARTS) is 1. The molecule has 0 aliphatic carbocycles. The molecule has 1 N–H and O–H groups in total. The third-order valence-electron chi connectivity index (χ3n) is 3.58. The maximum absolute atomic E-state index is 11.2. The van der Waals surface area contributed by atoms with Gasteiger partial charge in [0, 0.05) is 17.1 Å². The third kappa shape index (κ3) is 2.29. The van der Waals surface area contributed by atoms with Gasteiger partial charge in [0.15, 0.2) is 10.8 Å². The number of aryl methyl sites for hydroxylation is 2. The summed E-state index contributed by atoms with van der Waals surface area (Å²) in [6.45, 7) is 2.71. The van der Waals surface area contributed by atoms with Gasteiger partial charge in [-0.1, -0.05) is 18.2 Å². The van der Waals surface area contributed by atoms with E-state index in [1.165, 1.54) is 16.9 Å². The third-order valence-corrected chi connectivity index (χ3v) is 4.57. The Kier molecular flexibility index (Phi) is 3.44. The predicted octanol–water partition coefficient (Wildman–Crippen LogP) is 3.62. The molecular formula is C15H16N2O2S. The Hall–Kier alpha value is -1.88. The van der Waals surface area contributed by atoms with E-state index < -0.39 is 5.97 Å². The summed E-state index contributed by atoms with van der Waals surface area (Å²) in [5.41, 5.74) is 2.65. The number of aromatic nitrogens is 1. The van der Waals surface area contributed by atoms with Crippen molar-refractivity contribution >= 4 is 28.1 Å². The maximum Gasteiger partial charge on any atom is 0.355 e. The molecule has 0 spiro atoms. The molecule has 4 nitrogen and oxygen atoms in total. The van der Waals surface area contributed by atoms with Crippen molar-refractivity contribution in [2.75, 3.05) is 11.4 Å². The molecule has 0 atom stereocenters. The van der Waals surface area contributed by atoms with Crippen molar-refractivity contribution in [3.05, 3.63) is 40.4 Å². The molecule has 0 fully saturated rings. The zero-order valence-corrected chi connectivity index (χ0v) is 12.1. The smallest absolute Gasteiger partial charge is 0.355 e. The summed E-state index contributed by atoms with van der Waals surface area (Å²) in [5, 5.41) is 9.94. The van der Waals surface area contributed by atoms with Crippen molar-refractivity contribution in [1.82, 2.24) is 4.98 Å². The molecule has 5 heteroatoms. The fraction of sp³-hybridized carbons (Fsp3) is 0.333. The van der Waals surface area contributed by atoms with Crippen LogP contribution >= 0.6 is 11.3 Å². The van der Waals surface area contributed by atoms with Crippen molar-refractivity contribution in [2.45, 2.75) is 26.2 Å². The summed E-state index contributed by atoms with van der Waals surface area (Å²) >= 11 is 1.46. The normalized spacial score (nSPS) is 14.8. The predicted molar refractivity (Wildman–Crippen MR) is 80.2 cm³/mol. The maximum atomic E-state index is 11.2. The van der Waals surface area contributed by atoms with Crippen molar-refractivity contribution < 1.29 is 9.90 Å². The number of thiazole rings is 1. The lowest BCUT2D eigenvalue weighted by atomic mass is 10.1. The second-order valence-corrected chi connectivity index (χ2v) is 6.13. The summed E-state index contributed by atoms with van der Waals surface area (Å²) in [7, 11) is 0. The van der Waals surface area contributed by atoms with E-state index in [9.17, 15) is 4.79 Å². The molecule has 20 heavy (non-hydrogen) atoms. The van der Waals surface area contributed by atoms with Crippen LogP contribution in [0.25, 0.3) is 0 Å². The van der Waals surface area contributed by atoms with Crippen LogP contribution in [0.1, 0.15) is 33.8 Å². The Morgan fingerprint density at radius 3 is 2.90 bits per heavy atom. The van der Waals surface area contributed by atoms with Crippen LogP contribution in [-0.4, -0.2) is 22.6 Å². The molecule has 2 heterocycles. The van der Waals surface area contributed by atoms with Crippen molar-refractivity contribution in [3.8, 4) is 0 Å². The SMILES string of the molecule is Cc1sc(N2CCCCc3ccccc32)nc1C(=O)O. The van der Waals surface area contributed by atoms with Gasteiger partial charge in [-0.3, -0.25) is 0 Å². The highest BCUT2D eigenvalue weighted by atomic mass is 32.1. The minimum atomic E-state index is -0.951. The van der Waals surface area contributed by atoms with Crippen molar-refractivity contribution in [3.63, 3.8) is 0 Å². The quantitative estimate of drug-likeness (QED) is 0.917. The monoisotopic (exact) mass is 288 g/mol. The van der Waals surface area contributed by atoms with Gasteiger partial charge in [0.1, 0.15) is 0 Å². The first-order chi connectivity index (χ1) is 9.66. The number of hydrogen-bond donors (Lipinski definition) is 1. The lowest BCUT2D eigenvalue weighted by molar-refractivity contribution is 0.0690. The average Bonchev–Trinajstić information content (AvgIpc) is 2.70. The van der Waals surface area contributed by atoms with Gasteiger partial charge in [0.25, 0.3) is 0 Å². The van der Waals surface area contributed by atoms with Crippen LogP contribution in [0.3, 0.4) is 0 Å². The number of benzene rings is 1. The van der Waals surface area contributed by atoms with Crippen LogP contribution in [0.2, 0.25) is 0 Å². The van der Waals surface area contributed by atoms with E-state index in [4.69, 9.17) is 5.11 Å². The molecule has 0 saturated carbocycles. The second kappa shape index (κ2) is 5.25. The van der Waals surface area contributed by atoms with Crippen molar-refractivity contribution in [2.24, 2.45) is 0 Å². The van der Waals surface area contributed by atoms with Gasteiger partial charge in [0.05, 0.1) is 0 Å². The molecule has 2 aromatic rings. The van der Waals surface area contributed by atoms with Gasteiger partial charge in [-0.05, 0) is 37.8 Å². The number of carbonyl (C=O) groups is 1. The zero-order chi connectivity index (χ0) is 14.1. The van der Waals surface area contributed by atoms with Crippen LogP contribution in [-0.2, 0) is 6.42 Å². The molecule has 1 aliphatic rings. The largest absolute Gasteiger partial charge is 0.476 e.